The van der Waals surface area contributed by atoms with Crippen LogP contribution in [-0.2, 0) is 11.3 Å². The monoisotopic (exact) mass is 259 g/mol. The Hall–Kier alpha value is -2.17. The van der Waals surface area contributed by atoms with Gasteiger partial charge in [0.2, 0.25) is 5.91 Å². The van der Waals surface area contributed by atoms with Crippen molar-refractivity contribution in [2.45, 2.75) is 19.4 Å². The van der Waals surface area contributed by atoms with E-state index in [0.29, 0.717) is 12.4 Å². The average molecular weight is 259 g/mol. The minimum atomic E-state index is -0.257. The molecule has 1 heterocycles. The van der Waals surface area contributed by atoms with Crippen LogP contribution in [0.1, 0.15) is 18.4 Å². The van der Waals surface area contributed by atoms with Crippen LogP contribution in [0.15, 0.2) is 36.5 Å². The van der Waals surface area contributed by atoms with Gasteiger partial charge in [0.05, 0.1) is 6.54 Å². The summed E-state index contributed by atoms with van der Waals surface area (Å²) in [7, 11) is 0. The maximum atomic E-state index is 13.1. The zero-order chi connectivity index (χ0) is 13.2. The van der Waals surface area contributed by atoms with Crippen molar-refractivity contribution in [3.8, 4) is 0 Å². The van der Waals surface area contributed by atoms with Crippen molar-refractivity contribution in [2.24, 2.45) is 5.92 Å². The van der Waals surface area contributed by atoms with E-state index in [0.717, 1.165) is 18.4 Å². The van der Waals surface area contributed by atoms with Gasteiger partial charge in [-0.25, -0.2) is 4.39 Å². The molecule has 1 N–H and O–H groups in total. The van der Waals surface area contributed by atoms with Crippen LogP contribution in [0.5, 0.6) is 0 Å². The SMILES string of the molecule is O=C(Nc1ccn(Cc2cccc(F)c2)n1)C1CC1. The van der Waals surface area contributed by atoms with E-state index < -0.39 is 0 Å². The van der Waals surface area contributed by atoms with Crippen molar-refractivity contribution < 1.29 is 9.18 Å². The Bertz CT molecular complexity index is 604. The molecule has 1 amide bonds. The Labute approximate surface area is 110 Å². The quantitative estimate of drug-likeness (QED) is 0.916. The lowest BCUT2D eigenvalue weighted by atomic mass is 10.2. The largest absolute Gasteiger partial charge is 0.309 e. The van der Waals surface area contributed by atoms with E-state index in [1.54, 1.807) is 23.0 Å². The number of rotatable bonds is 4. The van der Waals surface area contributed by atoms with Crippen molar-refractivity contribution in [3.05, 3.63) is 47.9 Å². The molecule has 3 rings (SSSR count). The van der Waals surface area contributed by atoms with Crippen LogP contribution in [0, 0.1) is 11.7 Å². The second-order valence-electron chi connectivity index (χ2n) is 4.79. The Kier molecular flexibility index (Phi) is 3.03. The van der Waals surface area contributed by atoms with Crippen LogP contribution in [0.4, 0.5) is 10.2 Å². The van der Waals surface area contributed by atoms with Gasteiger partial charge >= 0.3 is 0 Å². The fourth-order valence-corrected chi connectivity index (χ4v) is 1.91. The normalized spacial score (nSPS) is 14.4. The molecule has 5 heteroatoms. The Morgan fingerprint density at radius 1 is 1.42 bits per heavy atom. The van der Waals surface area contributed by atoms with Crippen LogP contribution < -0.4 is 5.32 Å². The fraction of sp³-hybridized carbons (Fsp3) is 0.286. The number of nitrogens with zero attached hydrogens (tertiary/aromatic N) is 2. The zero-order valence-electron chi connectivity index (χ0n) is 10.3. The third-order valence-corrected chi connectivity index (χ3v) is 3.07. The molecule has 1 aliphatic carbocycles. The van der Waals surface area contributed by atoms with Crippen LogP contribution in [0.25, 0.3) is 0 Å². The summed E-state index contributed by atoms with van der Waals surface area (Å²) in [5, 5.41) is 7.02. The molecular weight excluding hydrogens is 245 g/mol. The lowest BCUT2D eigenvalue weighted by molar-refractivity contribution is -0.117. The summed E-state index contributed by atoms with van der Waals surface area (Å²) in [5.74, 6) is 0.490. The molecule has 1 aromatic carbocycles. The second-order valence-corrected chi connectivity index (χ2v) is 4.79. The van der Waals surface area contributed by atoms with Gasteiger partial charge < -0.3 is 5.32 Å². The number of amides is 1. The highest BCUT2D eigenvalue weighted by Gasteiger charge is 2.29. The molecule has 1 aliphatic rings. The summed E-state index contributed by atoms with van der Waals surface area (Å²) >= 11 is 0. The van der Waals surface area contributed by atoms with Crippen molar-refractivity contribution >= 4 is 11.7 Å². The van der Waals surface area contributed by atoms with Gasteiger partial charge in [0, 0.05) is 18.2 Å². The highest BCUT2D eigenvalue weighted by molar-refractivity contribution is 5.93. The summed E-state index contributed by atoms with van der Waals surface area (Å²) in [6, 6.07) is 8.15. The third-order valence-electron chi connectivity index (χ3n) is 3.07. The number of halogens is 1. The first-order valence-corrected chi connectivity index (χ1v) is 6.29. The predicted molar refractivity (Wildman–Crippen MR) is 69.1 cm³/mol. The van der Waals surface area contributed by atoms with Crippen molar-refractivity contribution in [1.29, 1.82) is 0 Å². The summed E-state index contributed by atoms with van der Waals surface area (Å²) in [6.45, 7) is 0.483. The highest BCUT2D eigenvalue weighted by Crippen LogP contribution is 2.29. The first-order valence-electron chi connectivity index (χ1n) is 6.29. The van der Waals surface area contributed by atoms with E-state index in [4.69, 9.17) is 0 Å². The van der Waals surface area contributed by atoms with Crippen LogP contribution in [-0.4, -0.2) is 15.7 Å². The van der Waals surface area contributed by atoms with Crippen molar-refractivity contribution in [1.82, 2.24) is 9.78 Å². The third kappa shape index (κ3) is 2.99. The van der Waals surface area contributed by atoms with E-state index in [-0.39, 0.29) is 17.6 Å². The minimum Gasteiger partial charge on any atom is -0.309 e. The number of anilines is 1. The highest BCUT2D eigenvalue weighted by atomic mass is 19.1. The maximum Gasteiger partial charge on any atom is 0.228 e. The summed E-state index contributed by atoms with van der Waals surface area (Å²) < 4.78 is 14.7. The molecule has 0 atom stereocenters. The van der Waals surface area contributed by atoms with Gasteiger partial charge in [-0.2, -0.15) is 5.10 Å². The maximum absolute atomic E-state index is 13.1. The molecule has 0 aliphatic heterocycles. The molecule has 1 saturated carbocycles. The predicted octanol–water partition coefficient (Wildman–Crippen LogP) is 2.42. The molecule has 4 nitrogen and oxygen atoms in total. The Balaban J connectivity index is 1.65. The van der Waals surface area contributed by atoms with E-state index in [1.807, 2.05) is 6.07 Å². The van der Waals surface area contributed by atoms with Gasteiger partial charge in [-0.3, -0.25) is 9.48 Å². The number of hydrogen-bond donors (Lipinski definition) is 1. The lowest BCUT2D eigenvalue weighted by Gasteiger charge is -2.02. The smallest absolute Gasteiger partial charge is 0.228 e. The van der Waals surface area contributed by atoms with Crippen LogP contribution >= 0.6 is 0 Å². The van der Waals surface area contributed by atoms with Crippen LogP contribution in [0.3, 0.4) is 0 Å². The number of carbonyl (C=O) groups is 1. The zero-order valence-corrected chi connectivity index (χ0v) is 10.3. The standard InChI is InChI=1S/C14H14FN3O/c15-12-3-1-2-10(8-12)9-18-7-6-13(17-18)16-14(19)11-4-5-11/h1-3,6-8,11H,4-5,9H2,(H,16,17,19). The molecule has 1 aromatic heterocycles. The molecule has 0 bridgehead atoms. The number of benzene rings is 1. The molecular formula is C14H14FN3O. The van der Waals surface area contributed by atoms with Gasteiger partial charge in [-0.05, 0) is 30.5 Å². The van der Waals surface area contributed by atoms with E-state index in [9.17, 15) is 9.18 Å². The number of aromatic nitrogens is 2. The second kappa shape index (κ2) is 4.84. The minimum absolute atomic E-state index is 0.0380. The number of nitrogens with one attached hydrogen (secondary N) is 1. The van der Waals surface area contributed by atoms with Gasteiger partial charge in [0.15, 0.2) is 5.82 Å². The first kappa shape index (κ1) is 11.9. The van der Waals surface area contributed by atoms with E-state index in [2.05, 4.69) is 10.4 Å². The number of carbonyl (C=O) groups excluding carboxylic acids is 1. The molecule has 2 aromatic rings. The van der Waals surface area contributed by atoms with Crippen molar-refractivity contribution in [2.75, 3.05) is 5.32 Å². The average Bonchev–Trinajstić information content (AvgIpc) is 3.13. The Morgan fingerprint density at radius 3 is 3.00 bits per heavy atom. The van der Waals surface area contributed by atoms with Crippen molar-refractivity contribution in [3.63, 3.8) is 0 Å². The Morgan fingerprint density at radius 2 is 2.26 bits per heavy atom. The lowest BCUT2D eigenvalue weighted by Crippen LogP contribution is -2.14. The molecule has 0 spiro atoms. The topological polar surface area (TPSA) is 46.9 Å². The molecule has 0 unspecified atom stereocenters. The van der Waals surface area contributed by atoms with E-state index >= 15 is 0 Å². The molecule has 0 saturated heterocycles. The summed E-state index contributed by atoms with van der Waals surface area (Å²) in [5.41, 5.74) is 0.836. The van der Waals surface area contributed by atoms with Gasteiger partial charge in [0.25, 0.3) is 0 Å². The fourth-order valence-electron chi connectivity index (χ4n) is 1.91. The molecule has 98 valence electrons. The van der Waals surface area contributed by atoms with Gasteiger partial charge in [0.1, 0.15) is 5.82 Å². The summed E-state index contributed by atoms with van der Waals surface area (Å²) in [4.78, 5) is 11.6. The number of hydrogen-bond acceptors (Lipinski definition) is 2. The summed E-state index contributed by atoms with van der Waals surface area (Å²) in [6.07, 6.45) is 3.71. The molecule has 0 radical (unpaired) electrons. The molecule has 19 heavy (non-hydrogen) atoms. The first-order chi connectivity index (χ1) is 9.20. The van der Waals surface area contributed by atoms with Crippen LogP contribution in [0.2, 0.25) is 0 Å². The molecule has 1 fully saturated rings. The van der Waals surface area contributed by atoms with Gasteiger partial charge in [-0.1, -0.05) is 12.1 Å². The van der Waals surface area contributed by atoms with E-state index in [1.165, 1.54) is 12.1 Å². The van der Waals surface area contributed by atoms with Gasteiger partial charge in [-0.15, -0.1) is 0 Å².